The van der Waals surface area contributed by atoms with Gasteiger partial charge in [-0.3, -0.25) is 13.9 Å². The van der Waals surface area contributed by atoms with Crippen molar-refractivity contribution in [3.05, 3.63) is 96.1 Å². The zero-order chi connectivity index (χ0) is 27.0. The van der Waals surface area contributed by atoms with Crippen LogP contribution in [0.4, 0.5) is 5.69 Å². The number of aryl methyl sites for hydroxylation is 1. The summed E-state index contributed by atoms with van der Waals surface area (Å²) < 4.78 is 28.5. The minimum Gasteiger partial charge on any atom is -0.352 e. The van der Waals surface area contributed by atoms with Crippen molar-refractivity contribution < 1.29 is 18.0 Å². The number of rotatable bonds is 11. The number of amides is 2. The molecule has 0 aliphatic heterocycles. The lowest BCUT2D eigenvalue weighted by atomic mass is 10.1. The van der Waals surface area contributed by atoms with E-state index in [0.29, 0.717) is 12.1 Å². The zero-order valence-corrected chi connectivity index (χ0v) is 22.6. The molecule has 7 nitrogen and oxygen atoms in total. The average Bonchev–Trinajstić information content (AvgIpc) is 2.88. The number of sulfonamides is 1. The number of carbonyl (C=O) groups is 2. The normalized spacial score (nSPS) is 12.1. The number of nitrogens with zero attached hydrogens (tertiary/aromatic N) is 2. The molecule has 0 heterocycles. The minimum atomic E-state index is -4.05. The van der Waals surface area contributed by atoms with Crippen LogP contribution in [0, 0.1) is 6.92 Å². The van der Waals surface area contributed by atoms with Gasteiger partial charge in [-0.25, -0.2) is 8.42 Å². The Morgan fingerprint density at radius 3 is 2.00 bits per heavy atom. The van der Waals surface area contributed by atoms with Crippen LogP contribution < -0.4 is 9.62 Å². The Kier molecular flexibility index (Phi) is 9.47. The molecule has 196 valence electrons. The van der Waals surface area contributed by atoms with Crippen LogP contribution in [0.25, 0.3) is 0 Å². The number of benzene rings is 3. The van der Waals surface area contributed by atoms with Crippen molar-refractivity contribution in [2.75, 3.05) is 10.8 Å². The molecule has 8 heteroatoms. The van der Waals surface area contributed by atoms with E-state index < -0.39 is 28.5 Å². The van der Waals surface area contributed by atoms with E-state index in [2.05, 4.69) is 5.32 Å². The fraction of sp³-hybridized carbons (Fsp3) is 0.310. The number of hydrogen-bond donors (Lipinski definition) is 1. The molecule has 1 N–H and O–H groups in total. The lowest BCUT2D eigenvalue weighted by Crippen LogP contribution is -2.53. The fourth-order valence-electron chi connectivity index (χ4n) is 4.11. The molecule has 3 aromatic carbocycles. The third kappa shape index (κ3) is 6.98. The lowest BCUT2D eigenvalue weighted by molar-refractivity contribution is -0.140. The second-order valence-electron chi connectivity index (χ2n) is 9.20. The molecule has 1 atom stereocenters. The van der Waals surface area contributed by atoms with Crippen LogP contribution >= 0.6 is 0 Å². The predicted molar refractivity (Wildman–Crippen MR) is 147 cm³/mol. The van der Waals surface area contributed by atoms with Gasteiger partial charge in [0.25, 0.3) is 10.0 Å². The van der Waals surface area contributed by atoms with Crippen molar-refractivity contribution >= 4 is 27.5 Å². The van der Waals surface area contributed by atoms with Crippen LogP contribution in [0.15, 0.2) is 89.8 Å². The number of para-hydroxylation sites is 1. The first-order chi connectivity index (χ1) is 17.6. The first kappa shape index (κ1) is 27.9. The molecule has 0 fully saturated rings. The molecule has 0 radical (unpaired) electrons. The van der Waals surface area contributed by atoms with Crippen LogP contribution in [-0.4, -0.2) is 43.8 Å². The largest absolute Gasteiger partial charge is 0.352 e. The molecule has 0 bridgehead atoms. The van der Waals surface area contributed by atoms with Gasteiger partial charge < -0.3 is 10.2 Å². The van der Waals surface area contributed by atoms with Crippen molar-refractivity contribution in [3.63, 3.8) is 0 Å². The Hall–Kier alpha value is -3.65. The van der Waals surface area contributed by atoms with Crippen molar-refractivity contribution in [2.45, 2.75) is 57.6 Å². The van der Waals surface area contributed by atoms with Gasteiger partial charge in [0.05, 0.1) is 10.6 Å². The van der Waals surface area contributed by atoms with Gasteiger partial charge in [0.15, 0.2) is 0 Å². The first-order valence-electron chi connectivity index (χ1n) is 12.4. The third-order valence-corrected chi connectivity index (χ3v) is 7.86. The number of anilines is 1. The summed E-state index contributed by atoms with van der Waals surface area (Å²) in [7, 11) is -4.05. The third-order valence-electron chi connectivity index (χ3n) is 6.07. The summed E-state index contributed by atoms with van der Waals surface area (Å²) in [6.07, 6.45) is 0.382. The molecule has 0 aliphatic carbocycles. The summed E-state index contributed by atoms with van der Waals surface area (Å²) in [6.45, 7) is 7.26. The maximum atomic E-state index is 14.0. The van der Waals surface area contributed by atoms with Crippen molar-refractivity contribution in [1.29, 1.82) is 0 Å². The highest BCUT2D eigenvalue weighted by Crippen LogP contribution is 2.24. The number of carbonyl (C=O) groups excluding carboxylic acids is 2. The highest BCUT2D eigenvalue weighted by molar-refractivity contribution is 7.92. The Balaban J connectivity index is 2.04. The summed E-state index contributed by atoms with van der Waals surface area (Å²) in [5.74, 6) is -0.728. The Bertz CT molecular complexity index is 1290. The number of nitrogens with one attached hydrogen (secondary N) is 1. The minimum absolute atomic E-state index is 0.0849. The molecule has 37 heavy (non-hydrogen) atoms. The molecule has 3 aromatic rings. The topological polar surface area (TPSA) is 86.8 Å². The lowest BCUT2D eigenvalue weighted by Gasteiger charge is -2.34. The molecule has 0 aliphatic rings. The van der Waals surface area contributed by atoms with Gasteiger partial charge in [-0.15, -0.1) is 0 Å². The van der Waals surface area contributed by atoms with E-state index in [-0.39, 0.29) is 23.4 Å². The molecule has 3 rings (SSSR count). The fourth-order valence-corrected chi connectivity index (χ4v) is 5.55. The molecular formula is C29H35N3O4S. The van der Waals surface area contributed by atoms with Gasteiger partial charge >= 0.3 is 0 Å². The van der Waals surface area contributed by atoms with Crippen molar-refractivity contribution in [2.24, 2.45) is 0 Å². The van der Waals surface area contributed by atoms with Crippen LogP contribution in [0.1, 0.15) is 38.3 Å². The maximum Gasteiger partial charge on any atom is 0.264 e. The van der Waals surface area contributed by atoms with E-state index in [4.69, 9.17) is 0 Å². The quantitative estimate of drug-likeness (QED) is 0.402. The SMILES string of the molecule is CC[C@H](C(=O)NC(C)C)N(Cc1ccccc1C)C(=O)CN(c1ccccc1)S(=O)(=O)c1ccccc1. The van der Waals surface area contributed by atoms with E-state index in [1.165, 1.54) is 17.0 Å². The Morgan fingerprint density at radius 2 is 1.43 bits per heavy atom. The average molecular weight is 522 g/mol. The second kappa shape index (κ2) is 12.5. The van der Waals surface area contributed by atoms with Crippen molar-refractivity contribution in [1.82, 2.24) is 10.2 Å². The number of hydrogen-bond acceptors (Lipinski definition) is 4. The molecule has 0 saturated carbocycles. The summed E-state index contributed by atoms with van der Waals surface area (Å²) in [5.41, 5.74) is 2.25. The van der Waals surface area contributed by atoms with Gasteiger partial charge in [0.2, 0.25) is 11.8 Å². The van der Waals surface area contributed by atoms with Gasteiger partial charge in [-0.05, 0) is 62.6 Å². The highest BCUT2D eigenvalue weighted by Gasteiger charge is 2.33. The molecule has 0 unspecified atom stereocenters. The molecule has 0 spiro atoms. The van der Waals surface area contributed by atoms with E-state index in [0.717, 1.165) is 15.4 Å². The first-order valence-corrected chi connectivity index (χ1v) is 13.9. The van der Waals surface area contributed by atoms with Gasteiger partial charge in [-0.2, -0.15) is 0 Å². The molecule has 0 aromatic heterocycles. The smallest absolute Gasteiger partial charge is 0.264 e. The van der Waals surface area contributed by atoms with E-state index >= 15 is 0 Å². The standard InChI is InChI=1S/C29H35N3O4S/c1-5-27(29(34)30-22(2)3)31(20-24-15-13-12-14-23(24)4)28(33)21-32(25-16-8-6-9-17-25)37(35,36)26-18-10-7-11-19-26/h6-19,22,27H,5,20-21H2,1-4H3,(H,30,34)/t27-/m1/s1. The second-order valence-corrected chi connectivity index (χ2v) is 11.1. The van der Waals surface area contributed by atoms with Gasteiger partial charge in [-0.1, -0.05) is 67.6 Å². The maximum absolute atomic E-state index is 14.0. The summed E-state index contributed by atoms with van der Waals surface area (Å²) in [5, 5.41) is 2.91. The summed E-state index contributed by atoms with van der Waals surface area (Å²) in [6, 6.07) is 23.4. The van der Waals surface area contributed by atoms with Crippen LogP contribution in [0.5, 0.6) is 0 Å². The highest BCUT2D eigenvalue weighted by atomic mass is 32.2. The molecular weight excluding hydrogens is 486 g/mol. The van der Waals surface area contributed by atoms with Gasteiger partial charge in [0.1, 0.15) is 12.6 Å². The summed E-state index contributed by atoms with van der Waals surface area (Å²) >= 11 is 0. The molecule has 2 amide bonds. The zero-order valence-electron chi connectivity index (χ0n) is 21.8. The van der Waals surface area contributed by atoms with E-state index in [1.807, 2.05) is 52.0 Å². The van der Waals surface area contributed by atoms with Crippen LogP contribution in [0.3, 0.4) is 0 Å². The van der Waals surface area contributed by atoms with E-state index in [1.54, 1.807) is 48.5 Å². The van der Waals surface area contributed by atoms with Gasteiger partial charge in [0, 0.05) is 12.6 Å². The van der Waals surface area contributed by atoms with Crippen LogP contribution in [-0.2, 0) is 26.2 Å². The van der Waals surface area contributed by atoms with E-state index in [9.17, 15) is 18.0 Å². The summed E-state index contributed by atoms with van der Waals surface area (Å²) in [4.78, 5) is 28.7. The monoisotopic (exact) mass is 521 g/mol. The Labute approximate surface area is 220 Å². The molecule has 0 saturated heterocycles. The van der Waals surface area contributed by atoms with Crippen molar-refractivity contribution in [3.8, 4) is 0 Å². The Morgan fingerprint density at radius 1 is 0.865 bits per heavy atom. The predicted octanol–water partition coefficient (Wildman–Crippen LogP) is 4.52. The van der Waals surface area contributed by atoms with Crippen LogP contribution in [0.2, 0.25) is 0 Å².